The summed E-state index contributed by atoms with van der Waals surface area (Å²) in [6.07, 6.45) is -7.22. The van der Waals surface area contributed by atoms with Crippen LogP contribution in [0.4, 0.5) is 87.8 Å². The highest BCUT2D eigenvalue weighted by atomic mass is 19.2. The molecule has 9 rings (SSSR count). The quantitative estimate of drug-likeness (QED) is 0.0492. The number of halogens is 20. The first-order valence-electron chi connectivity index (χ1n) is 20.3. The fourth-order valence-corrected chi connectivity index (χ4v) is 8.67. The van der Waals surface area contributed by atoms with E-state index < -0.39 is 144 Å². The molecular weight excluding hydrogens is 1010 g/mol. The molecule has 1 aromatic heterocycles. The molecule has 0 bridgehead atoms. The molecule has 72 heavy (non-hydrogen) atoms. The lowest BCUT2D eigenvalue weighted by molar-refractivity contribution is -0.651. The van der Waals surface area contributed by atoms with Crippen molar-refractivity contribution in [2.45, 2.75) is 6.54 Å². The summed E-state index contributed by atoms with van der Waals surface area (Å²) in [5.41, 5.74) is -9.28. The van der Waals surface area contributed by atoms with Crippen LogP contribution in [0.25, 0.3) is 32.9 Å². The highest BCUT2D eigenvalue weighted by Gasteiger charge is 2.52. The standard InChI is InChI=1S/C26H20N.C24BF20/c1-2-8-20(9-3-1)19-27-25-13-7-6-11-22(25)16-17-26(27)24-15-14-21-10-4-5-12-23(21)18-24;26-5-1(6(27)14(35)21(42)13(5)34)25(2-7(28)15(36)22(43)16(37)8(2)29,3-9(30)17(38)23(44)18(39)10(3)31)4-11(32)19(40)24(45)20(41)12(4)33/h1-18H,19H2;/q+1;-1. The fraction of sp³-hybridized carbons (Fsp3) is 0.0200. The number of pyridine rings is 1. The van der Waals surface area contributed by atoms with E-state index in [2.05, 4.69) is 114 Å². The minimum atomic E-state index is -7.22. The van der Waals surface area contributed by atoms with Gasteiger partial charge in [0.1, 0.15) is 52.7 Å². The van der Waals surface area contributed by atoms with E-state index in [9.17, 15) is 52.7 Å². The number of para-hydroxylation sites is 1. The van der Waals surface area contributed by atoms with E-state index in [1.165, 1.54) is 38.5 Å². The Morgan fingerprint density at radius 1 is 0.278 bits per heavy atom. The normalized spacial score (nSPS) is 11.7. The summed E-state index contributed by atoms with van der Waals surface area (Å²) in [5.74, 6) is -71.4. The lowest BCUT2D eigenvalue weighted by Gasteiger charge is -2.44. The smallest absolute Gasteiger partial charge is 0.207 e. The molecule has 0 saturated carbocycles. The van der Waals surface area contributed by atoms with Crippen molar-refractivity contribution < 1.29 is 92.4 Å². The molecule has 0 spiro atoms. The topological polar surface area (TPSA) is 3.88 Å². The Hall–Kier alpha value is -7.91. The Labute approximate surface area is 390 Å². The van der Waals surface area contributed by atoms with Crippen LogP contribution in [0.15, 0.2) is 109 Å². The van der Waals surface area contributed by atoms with Crippen molar-refractivity contribution in [1.29, 1.82) is 0 Å². The second-order valence-electron chi connectivity index (χ2n) is 15.7. The number of nitrogens with zero attached hydrogens (tertiary/aromatic N) is 1. The van der Waals surface area contributed by atoms with E-state index >= 15 is 35.1 Å². The zero-order valence-electron chi connectivity index (χ0n) is 35.2. The molecule has 0 radical (unpaired) electrons. The van der Waals surface area contributed by atoms with Crippen LogP contribution in [0.3, 0.4) is 0 Å². The number of hydrogen-bond donors (Lipinski definition) is 0. The first-order valence-corrected chi connectivity index (χ1v) is 20.3. The second kappa shape index (κ2) is 19.0. The van der Waals surface area contributed by atoms with E-state index in [1.807, 2.05) is 0 Å². The third-order valence-corrected chi connectivity index (χ3v) is 11.9. The molecule has 1 nitrogen and oxygen atoms in total. The fourth-order valence-electron chi connectivity index (χ4n) is 8.67. The molecule has 368 valence electrons. The molecule has 0 aliphatic heterocycles. The molecule has 0 unspecified atom stereocenters. The molecule has 0 amide bonds. The minimum absolute atomic E-state index is 0.852. The second-order valence-corrected chi connectivity index (χ2v) is 15.7. The van der Waals surface area contributed by atoms with Gasteiger partial charge in [-0.05, 0) is 35.0 Å². The highest BCUT2D eigenvalue weighted by Crippen LogP contribution is 2.31. The van der Waals surface area contributed by atoms with Gasteiger partial charge in [0.15, 0.2) is 76.4 Å². The van der Waals surface area contributed by atoms with E-state index in [-0.39, 0.29) is 0 Å². The maximum absolute atomic E-state index is 15.4. The van der Waals surface area contributed by atoms with Crippen molar-refractivity contribution in [3.8, 4) is 11.3 Å². The SMILES string of the molecule is Fc1c(F)c(F)c([B-](c2c(F)c(F)c(F)c(F)c2F)(c2c(F)c(F)c(F)c(F)c2F)c2c(F)c(F)c(F)c(F)c2F)c(F)c1F.c1ccc(C[n+]2c(-c3ccc4ccccc4c3)ccc3ccccc32)cc1. The Morgan fingerprint density at radius 2 is 0.583 bits per heavy atom. The Morgan fingerprint density at radius 3 is 0.972 bits per heavy atom. The molecule has 0 saturated heterocycles. The molecule has 0 N–H and O–H groups in total. The van der Waals surface area contributed by atoms with Crippen molar-refractivity contribution in [3.63, 3.8) is 0 Å². The summed E-state index contributed by atoms with van der Waals surface area (Å²) in [6.45, 7) is 0.852. The van der Waals surface area contributed by atoms with Crippen LogP contribution in [0, 0.1) is 116 Å². The van der Waals surface area contributed by atoms with E-state index in [0.717, 1.165) is 6.54 Å². The highest BCUT2D eigenvalue weighted by molar-refractivity contribution is 7.20. The van der Waals surface area contributed by atoms with Crippen LogP contribution in [0.1, 0.15) is 5.56 Å². The lowest BCUT2D eigenvalue weighted by atomic mass is 9.12. The van der Waals surface area contributed by atoms with Gasteiger partial charge in [0.25, 0.3) is 0 Å². The van der Waals surface area contributed by atoms with Gasteiger partial charge >= 0.3 is 0 Å². The lowest BCUT2D eigenvalue weighted by Crippen LogP contribution is -2.81. The predicted molar refractivity (Wildman–Crippen MR) is 222 cm³/mol. The predicted octanol–water partition coefficient (Wildman–Crippen LogP) is 11.8. The third-order valence-electron chi connectivity index (χ3n) is 11.9. The number of benzene rings is 8. The van der Waals surface area contributed by atoms with Gasteiger partial charge in [-0.15, -0.1) is 21.9 Å². The van der Waals surface area contributed by atoms with Crippen LogP contribution in [-0.4, -0.2) is 6.15 Å². The first kappa shape index (κ1) is 50.5. The van der Waals surface area contributed by atoms with Gasteiger partial charge in [-0.2, -0.15) is 4.57 Å². The van der Waals surface area contributed by atoms with Crippen LogP contribution >= 0.6 is 0 Å². The Bertz CT molecular complexity index is 3300. The average Bonchev–Trinajstić information content (AvgIpc) is 3.39. The van der Waals surface area contributed by atoms with Crippen molar-refractivity contribution in [1.82, 2.24) is 0 Å². The van der Waals surface area contributed by atoms with Gasteiger partial charge in [-0.1, -0.05) is 72.8 Å². The van der Waals surface area contributed by atoms with Crippen molar-refractivity contribution >= 4 is 49.7 Å². The zero-order valence-corrected chi connectivity index (χ0v) is 35.2. The van der Waals surface area contributed by atoms with Gasteiger partial charge in [0, 0.05) is 28.6 Å². The van der Waals surface area contributed by atoms with Crippen LogP contribution in [0.5, 0.6) is 0 Å². The van der Waals surface area contributed by atoms with Crippen LogP contribution in [-0.2, 0) is 6.54 Å². The summed E-state index contributed by atoms with van der Waals surface area (Å²) in [5, 5.41) is 3.81. The molecule has 8 aromatic carbocycles. The maximum Gasteiger partial charge on any atom is 0.213 e. The summed E-state index contributed by atoms with van der Waals surface area (Å²) < 4.78 is 296. The largest absolute Gasteiger partial charge is 0.213 e. The third kappa shape index (κ3) is 7.83. The first-order chi connectivity index (χ1) is 34.1. The summed E-state index contributed by atoms with van der Waals surface area (Å²) in [7, 11) is 0. The van der Waals surface area contributed by atoms with E-state index in [1.54, 1.807) is 0 Å². The van der Waals surface area contributed by atoms with Gasteiger partial charge in [0.05, 0.1) is 0 Å². The molecule has 22 heteroatoms. The van der Waals surface area contributed by atoms with Gasteiger partial charge < -0.3 is 0 Å². The number of aromatic nitrogens is 1. The molecular formula is C50H20BF20N. The number of rotatable bonds is 7. The van der Waals surface area contributed by atoms with Crippen LogP contribution < -0.4 is 26.4 Å². The van der Waals surface area contributed by atoms with Crippen molar-refractivity contribution in [2.75, 3.05) is 0 Å². The monoisotopic (exact) mass is 1030 g/mol. The molecule has 0 fully saturated rings. The average molecular weight is 1030 g/mol. The molecule has 0 aliphatic rings. The summed E-state index contributed by atoms with van der Waals surface area (Å²) >= 11 is 0. The number of hydrogen-bond acceptors (Lipinski definition) is 0. The maximum atomic E-state index is 15.4. The van der Waals surface area contributed by atoms with Gasteiger partial charge in [-0.3, -0.25) is 0 Å². The van der Waals surface area contributed by atoms with Crippen LogP contribution in [0.2, 0.25) is 0 Å². The minimum Gasteiger partial charge on any atom is -0.207 e. The number of fused-ring (bicyclic) bond motifs is 2. The molecule has 9 aromatic rings. The Balaban J connectivity index is 0.000000217. The molecule has 0 aliphatic carbocycles. The summed E-state index contributed by atoms with van der Waals surface area (Å²) in [4.78, 5) is 0. The molecule has 0 atom stereocenters. The summed E-state index contributed by atoms with van der Waals surface area (Å²) in [6, 6.07) is 39.0. The Kier molecular flexibility index (Phi) is 13.3. The van der Waals surface area contributed by atoms with Gasteiger partial charge in [0.2, 0.25) is 11.2 Å². The van der Waals surface area contributed by atoms with E-state index in [0.29, 0.717) is 0 Å². The van der Waals surface area contributed by atoms with Crippen molar-refractivity contribution in [3.05, 3.63) is 231 Å². The zero-order chi connectivity index (χ0) is 52.4. The van der Waals surface area contributed by atoms with E-state index in [4.69, 9.17) is 0 Å². The molecule has 1 heterocycles. The van der Waals surface area contributed by atoms with Crippen molar-refractivity contribution in [2.24, 2.45) is 0 Å². The van der Waals surface area contributed by atoms with Gasteiger partial charge in [-0.25, -0.2) is 87.8 Å².